The third kappa shape index (κ3) is 3.84. The van der Waals surface area contributed by atoms with Crippen molar-refractivity contribution in [1.82, 2.24) is 9.88 Å². The van der Waals surface area contributed by atoms with Crippen molar-refractivity contribution in [2.45, 2.75) is 25.8 Å². The monoisotopic (exact) mass is 272 g/mol. The summed E-state index contributed by atoms with van der Waals surface area (Å²) in [4.78, 5) is 6.49. The van der Waals surface area contributed by atoms with E-state index in [2.05, 4.69) is 9.88 Å². The maximum absolute atomic E-state index is 6.13. The number of hydrogen-bond acceptors (Lipinski definition) is 2. The summed E-state index contributed by atoms with van der Waals surface area (Å²) in [6.07, 6.45) is 7.23. The zero-order chi connectivity index (χ0) is 12.1. The standard InChI is InChI=1S/C13H18Cl2N2/c14-5-3-11-2-1-7-17(9-11)10-12-4-6-16-8-13(12)15/h4,6,8,11H,1-3,5,7,9-10H2. The second kappa shape index (κ2) is 6.58. The van der Waals surface area contributed by atoms with E-state index in [0.29, 0.717) is 0 Å². The molecule has 0 amide bonds. The second-order valence-electron chi connectivity index (χ2n) is 4.69. The number of likely N-dealkylation sites (tertiary alicyclic amines) is 1. The van der Waals surface area contributed by atoms with Crippen LogP contribution in [0.15, 0.2) is 18.5 Å². The van der Waals surface area contributed by atoms with Gasteiger partial charge in [-0.3, -0.25) is 9.88 Å². The van der Waals surface area contributed by atoms with Crippen LogP contribution in [-0.2, 0) is 6.54 Å². The molecule has 4 heteroatoms. The first-order chi connectivity index (χ1) is 8.29. The third-order valence-corrected chi connectivity index (χ3v) is 3.93. The van der Waals surface area contributed by atoms with E-state index in [4.69, 9.17) is 23.2 Å². The second-order valence-corrected chi connectivity index (χ2v) is 5.47. The Balaban J connectivity index is 1.92. The summed E-state index contributed by atoms with van der Waals surface area (Å²) < 4.78 is 0. The Bertz CT molecular complexity index is 355. The molecule has 0 N–H and O–H groups in total. The highest BCUT2D eigenvalue weighted by atomic mass is 35.5. The maximum Gasteiger partial charge on any atom is 0.0634 e. The Hall–Kier alpha value is -0.310. The number of rotatable bonds is 4. The van der Waals surface area contributed by atoms with Crippen LogP contribution in [-0.4, -0.2) is 28.9 Å². The van der Waals surface area contributed by atoms with Gasteiger partial charge in [0.25, 0.3) is 0 Å². The predicted molar refractivity (Wildman–Crippen MR) is 72.6 cm³/mol. The van der Waals surface area contributed by atoms with Gasteiger partial charge in [-0.05, 0) is 43.4 Å². The number of nitrogens with zero attached hydrogens (tertiary/aromatic N) is 2. The molecule has 1 unspecified atom stereocenters. The average Bonchev–Trinajstić information content (AvgIpc) is 2.33. The van der Waals surface area contributed by atoms with Gasteiger partial charge in [-0.2, -0.15) is 0 Å². The molecule has 17 heavy (non-hydrogen) atoms. The minimum atomic E-state index is 0.752. The molecule has 0 saturated carbocycles. The Kier molecular flexibility index (Phi) is 5.08. The lowest BCUT2D eigenvalue weighted by Crippen LogP contribution is -2.35. The van der Waals surface area contributed by atoms with Gasteiger partial charge in [0.2, 0.25) is 0 Å². The Morgan fingerprint density at radius 3 is 3.12 bits per heavy atom. The quantitative estimate of drug-likeness (QED) is 0.779. The number of halogens is 2. The number of alkyl halides is 1. The molecule has 0 aromatic carbocycles. The minimum absolute atomic E-state index is 0.752. The van der Waals surface area contributed by atoms with E-state index >= 15 is 0 Å². The average molecular weight is 273 g/mol. The van der Waals surface area contributed by atoms with E-state index < -0.39 is 0 Å². The molecule has 0 radical (unpaired) electrons. The molecule has 1 aromatic heterocycles. The molecule has 0 spiro atoms. The van der Waals surface area contributed by atoms with Crippen LogP contribution in [0.4, 0.5) is 0 Å². The molecule has 1 atom stereocenters. The first-order valence-electron chi connectivity index (χ1n) is 6.16. The number of pyridine rings is 1. The molecule has 0 bridgehead atoms. The smallest absolute Gasteiger partial charge is 0.0634 e. The molecule has 94 valence electrons. The molecular formula is C13H18Cl2N2. The third-order valence-electron chi connectivity index (χ3n) is 3.37. The molecule has 0 aliphatic carbocycles. The normalized spacial score (nSPS) is 21.6. The topological polar surface area (TPSA) is 16.1 Å². The van der Waals surface area contributed by atoms with Crippen LogP contribution in [0.5, 0.6) is 0 Å². The van der Waals surface area contributed by atoms with Crippen molar-refractivity contribution in [3.63, 3.8) is 0 Å². The summed E-state index contributed by atoms with van der Waals surface area (Å²) in [6, 6.07) is 2.01. The summed E-state index contributed by atoms with van der Waals surface area (Å²) in [5.74, 6) is 1.52. The molecule has 1 aliphatic rings. The molecule has 2 nitrogen and oxygen atoms in total. The van der Waals surface area contributed by atoms with E-state index in [0.717, 1.165) is 42.9 Å². The van der Waals surface area contributed by atoms with Crippen molar-refractivity contribution in [3.05, 3.63) is 29.0 Å². The van der Waals surface area contributed by atoms with Crippen LogP contribution >= 0.6 is 23.2 Å². The van der Waals surface area contributed by atoms with Crippen molar-refractivity contribution in [2.24, 2.45) is 5.92 Å². The van der Waals surface area contributed by atoms with E-state index in [1.54, 1.807) is 12.4 Å². The minimum Gasteiger partial charge on any atom is -0.299 e. The predicted octanol–water partition coefficient (Wildman–Crippen LogP) is 3.58. The SMILES string of the molecule is ClCCC1CCCN(Cc2ccncc2Cl)C1. The van der Waals surface area contributed by atoms with E-state index in [1.807, 2.05) is 6.07 Å². The van der Waals surface area contributed by atoms with Crippen molar-refractivity contribution < 1.29 is 0 Å². The Morgan fingerprint density at radius 2 is 2.35 bits per heavy atom. The summed E-state index contributed by atoms with van der Waals surface area (Å²) in [5.41, 5.74) is 1.17. The number of piperidine rings is 1. The fourth-order valence-electron chi connectivity index (χ4n) is 2.46. The Labute approximate surface area is 113 Å². The van der Waals surface area contributed by atoms with E-state index in [9.17, 15) is 0 Å². The van der Waals surface area contributed by atoms with Gasteiger partial charge >= 0.3 is 0 Å². The van der Waals surface area contributed by atoms with Crippen LogP contribution < -0.4 is 0 Å². The summed E-state index contributed by atoms with van der Waals surface area (Å²) in [5, 5.41) is 0.770. The van der Waals surface area contributed by atoms with Crippen molar-refractivity contribution in [1.29, 1.82) is 0 Å². The highest BCUT2D eigenvalue weighted by Gasteiger charge is 2.19. The van der Waals surface area contributed by atoms with Gasteiger partial charge in [0.1, 0.15) is 0 Å². The first kappa shape index (κ1) is 13.1. The molecule has 2 heterocycles. The van der Waals surface area contributed by atoms with Crippen LogP contribution in [0, 0.1) is 5.92 Å². The first-order valence-corrected chi connectivity index (χ1v) is 7.07. The van der Waals surface area contributed by atoms with Gasteiger partial charge in [0.15, 0.2) is 0 Å². The van der Waals surface area contributed by atoms with Crippen LogP contribution in [0.1, 0.15) is 24.8 Å². The Morgan fingerprint density at radius 1 is 1.47 bits per heavy atom. The van der Waals surface area contributed by atoms with Crippen molar-refractivity contribution in [3.8, 4) is 0 Å². The largest absolute Gasteiger partial charge is 0.299 e. The maximum atomic E-state index is 6.13. The van der Waals surface area contributed by atoms with Gasteiger partial charge in [0.05, 0.1) is 5.02 Å². The number of aromatic nitrogens is 1. The summed E-state index contributed by atoms with van der Waals surface area (Å²) in [7, 11) is 0. The lowest BCUT2D eigenvalue weighted by molar-refractivity contribution is 0.165. The molecule has 1 aromatic rings. The van der Waals surface area contributed by atoms with Crippen molar-refractivity contribution in [2.75, 3.05) is 19.0 Å². The van der Waals surface area contributed by atoms with E-state index in [1.165, 1.54) is 18.4 Å². The highest BCUT2D eigenvalue weighted by molar-refractivity contribution is 6.31. The molecular weight excluding hydrogens is 255 g/mol. The highest BCUT2D eigenvalue weighted by Crippen LogP contribution is 2.23. The fourth-order valence-corrected chi connectivity index (χ4v) is 2.95. The number of hydrogen-bond donors (Lipinski definition) is 0. The van der Waals surface area contributed by atoms with Crippen LogP contribution in [0.3, 0.4) is 0 Å². The van der Waals surface area contributed by atoms with Crippen molar-refractivity contribution >= 4 is 23.2 Å². The van der Waals surface area contributed by atoms with Gasteiger partial charge < -0.3 is 0 Å². The lowest BCUT2D eigenvalue weighted by Gasteiger charge is -2.32. The van der Waals surface area contributed by atoms with Crippen LogP contribution in [0.2, 0.25) is 5.02 Å². The van der Waals surface area contributed by atoms with E-state index in [-0.39, 0.29) is 0 Å². The zero-order valence-corrected chi connectivity index (χ0v) is 11.4. The fraction of sp³-hybridized carbons (Fsp3) is 0.615. The zero-order valence-electron chi connectivity index (χ0n) is 9.91. The molecule has 1 saturated heterocycles. The molecule has 1 fully saturated rings. The molecule has 1 aliphatic heterocycles. The van der Waals surface area contributed by atoms with Gasteiger partial charge in [0, 0.05) is 31.4 Å². The lowest BCUT2D eigenvalue weighted by atomic mass is 9.95. The van der Waals surface area contributed by atoms with Crippen LogP contribution in [0.25, 0.3) is 0 Å². The summed E-state index contributed by atoms with van der Waals surface area (Å²) >= 11 is 12.0. The van der Waals surface area contributed by atoms with Gasteiger partial charge in [-0.15, -0.1) is 11.6 Å². The van der Waals surface area contributed by atoms with Gasteiger partial charge in [-0.25, -0.2) is 0 Å². The molecule has 2 rings (SSSR count). The van der Waals surface area contributed by atoms with Gasteiger partial charge in [-0.1, -0.05) is 11.6 Å². The summed E-state index contributed by atoms with van der Waals surface area (Å²) in [6.45, 7) is 3.24.